The van der Waals surface area contributed by atoms with Crippen molar-refractivity contribution in [1.29, 1.82) is 0 Å². The van der Waals surface area contributed by atoms with Crippen molar-refractivity contribution in [2.45, 2.75) is 13.3 Å². The molecule has 0 saturated carbocycles. The maximum atomic E-state index is 12.7. The quantitative estimate of drug-likeness (QED) is 0.822. The molecule has 24 heavy (non-hydrogen) atoms. The Balaban J connectivity index is 1.65. The van der Waals surface area contributed by atoms with Gasteiger partial charge in [0.2, 0.25) is 10.0 Å². The second-order valence-electron chi connectivity index (χ2n) is 6.00. The summed E-state index contributed by atoms with van der Waals surface area (Å²) in [5, 5.41) is 0. The predicted octanol–water partition coefficient (Wildman–Crippen LogP) is 1.35. The summed E-state index contributed by atoms with van der Waals surface area (Å²) < 4.78 is 31.3. The van der Waals surface area contributed by atoms with E-state index < -0.39 is 10.0 Å². The molecule has 0 unspecified atom stereocenters. The minimum atomic E-state index is -3.19. The van der Waals surface area contributed by atoms with Crippen LogP contribution in [0.25, 0.3) is 6.08 Å². The minimum Gasteiger partial charge on any atom is -0.488 e. The number of rotatable bonds is 4. The monoisotopic (exact) mass is 350 g/mol. The fraction of sp³-hybridized carbons (Fsp3) is 0.471. The molecular formula is C17H22N2O4S. The number of carbonyl (C=O) groups excluding carboxylic acids is 1. The molecule has 7 heteroatoms. The van der Waals surface area contributed by atoms with E-state index >= 15 is 0 Å². The summed E-state index contributed by atoms with van der Waals surface area (Å²) in [6.45, 7) is 3.66. The first-order chi connectivity index (χ1) is 11.5. The Labute approximate surface area is 142 Å². The van der Waals surface area contributed by atoms with E-state index in [-0.39, 0.29) is 18.3 Å². The van der Waals surface area contributed by atoms with Gasteiger partial charge in [0.15, 0.2) is 0 Å². The number of fused-ring (bicyclic) bond motifs is 1. The lowest BCUT2D eigenvalue weighted by Gasteiger charge is -2.34. The average molecular weight is 350 g/mol. The van der Waals surface area contributed by atoms with Gasteiger partial charge in [0.05, 0.1) is 11.3 Å². The molecule has 1 saturated heterocycles. The molecule has 6 nitrogen and oxygen atoms in total. The molecule has 2 aliphatic rings. The first-order valence-corrected chi connectivity index (χ1v) is 9.81. The van der Waals surface area contributed by atoms with Crippen LogP contribution in [0.3, 0.4) is 0 Å². The zero-order valence-electron chi connectivity index (χ0n) is 13.8. The molecule has 1 amide bonds. The predicted molar refractivity (Wildman–Crippen MR) is 92.1 cm³/mol. The molecule has 0 spiro atoms. The van der Waals surface area contributed by atoms with Crippen LogP contribution in [-0.4, -0.2) is 62.1 Å². The Hall–Kier alpha value is -1.86. The number of benzene rings is 1. The summed E-state index contributed by atoms with van der Waals surface area (Å²) >= 11 is 0. The van der Waals surface area contributed by atoms with Crippen LogP contribution in [0.15, 0.2) is 29.8 Å². The number of amides is 1. The molecule has 130 valence electrons. The molecule has 0 bridgehead atoms. The molecule has 1 aromatic rings. The maximum Gasteiger partial charge on any atom is 0.253 e. The number of para-hydroxylation sites is 1. The van der Waals surface area contributed by atoms with Crippen molar-refractivity contribution in [2.75, 3.05) is 38.5 Å². The third-order valence-electron chi connectivity index (χ3n) is 4.29. The van der Waals surface area contributed by atoms with E-state index in [0.717, 1.165) is 11.3 Å². The molecule has 0 radical (unpaired) electrons. The number of hydrogen-bond donors (Lipinski definition) is 0. The Morgan fingerprint density at radius 1 is 1.17 bits per heavy atom. The zero-order chi connectivity index (χ0) is 17.2. The average Bonchev–Trinajstić information content (AvgIpc) is 2.61. The number of ether oxygens (including phenoxy) is 1. The Morgan fingerprint density at radius 2 is 1.88 bits per heavy atom. The third-order valence-corrected chi connectivity index (χ3v) is 6.36. The Kier molecular flexibility index (Phi) is 4.91. The van der Waals surface area contributed by atoms with Crippen LogP contribution >= 0.6 is 0 Å². The molecule has 3 rings (SSSR count). The number of hydrogen-bond acceptors (Lipinski definition) is 4. The van der Waals surface area contributed by atoms with E-state index in [4.69, 9.17) is 4.74 Å². The van der Waals surface area contributed by atoms with Crippen molar-refractivity contribution in [3.8, 4) is 5.75 Å². The molecule has 2 heterocycles. The first kappa shape index (κ1) is 17.0. The van der Waals surface area contributed by atoms with Gasteiger partial charge in [-0.25, -0.2) is 8.42 Å². The van der Waals surface area contributed by atoms with Crippen LogP contribution in [0, 0.1) is 0 Å². The van der Waals surface area contributed by atoms with Crippen molar-refractivity contribution in [3.63, 3.8) is 0 Å². The van der Waals surface area contributed by atoms with Gasteiger partial charge in [0.25, 0.3) is 5.91 Å². The van der Waals surface area contributed by atoms with E-state index in [1.807, 2.05) is 37.3 Å². The topological polar surface area (TPSA) is 66.9 Å². The van der Waals surface area contributed by atoms with Crippen molar-refractivity contribution >= 4 is 22.0 Å². The largest absolute Gasteiger partial charge is 0.488 e. The highest BCUT2D eigenvalue weighted by molar-refractivity contribution is 7.89. The Morgan fingerprint density at radius 3 is 2.58 bits per heavy atom. The summed E-state index contributed by atoms with van der Waals surface area (Å²) in [6.07, 6.45) is 2.46. The smallest absolute Gasteiger partial charge is 0.253 e. The molecule has 1 aromatic carbocycles. The number of carbonyl (C=O) groups is 1. The highest BCUT2D eigenvalue weighted by Crippen LogP contribution is 2.26. The van der Waals surface area contributed by atoms with Crippen LogP contribution in [0.1, 0.15) is 18.9 Å². The normalized spacial score (nSPS) is 18.5. The SMILES string of the molecule is CCCS(=O)(=O)N1CCN(C(=O)C2=Cc3ccccc3OC2)CC1. The second kappa shape index (κ2) is 6.94. The van der Waals surface area contributed by atoms with Crippen molar-refractivity contribution < 1.29 is 17.9 Å². The van der Waals surface area contributed by atoms with Gasteiger partial charge in [-0.05, 0) is 18.6 Å². The lowest BCUT2D eigenvalue weighted by molar-refractivity contribution is -0.128. The van der Waals surface area contributed by atoms with Crippen LogP contribution in [0.4, 0.5) is 0 Å². The van der Waals surface area contributed by atoms with Gasteiger partial charge in [0.1, 0.15) is 12.4 Å². The summed E-state index contributed by atoms with van der Waals surface area (Å²) in [7, 11) is -3.19. The fourth-order valence-corrected chi connectivity index (χ4v) is 4.49. The van der Waals surface area contributed by atoms with E-state index in [1.54, 1.807) is 4.90 Å². The van der Waals surface area contributed by atoms with E-state index in [0.29, 0.717) is 38.2 Å². The van der Waals surface area contributed by atoms with E-state index in [1.165, 1.54) is 4.31 Å². The van der Waals surface area contributed by atoms with Crippen molar-refractivity contribution in [3.05, 3.63) is 35.4 Å². The maximum absolute atomic E-state index is 12.7. The lowest BCUT2D eigenvalue weighted by atomic mass is 10.1. The summed E-state index contributed by atoms with van der Waals surface area (Å²) in [4.78, 5) is 14.4. The first-order valence-electron chi connectivity index (χ1n) is 8.21. The molecule has 0 aromatic heterocycles. The fourth-order valence-electron chi connectivity index (χ4n) is 3.00. The Bertz CT molecular complexity index is 750. The van der Waals surface area contributed by atoms with Crippen molar-refractivity contribution in [1.82, 2.24) is 9.21 Å². The molecule has 0 N–H and O–H groups in total. The highest BCUT2D eigenvalue weighted by atomic mass is 32.2. The van der Waals surface area contributed by atoms with E-state index in [9.17, 15) is 13.2 Å². The number of sulfonamides is 1. The van der Waals surface area contributed by atoms with Gasteiger partial charge in [-0.3, -0.25) is 4.79 Å². The standard InChI is InChI=1S/C17H22N2O4S/c1-2-11-24(21,22)19-9-7-18(8-10-19)17(20)15-12-14-5-3-4-6-16(14)23-13-15/h3-6,12H,2,7-11,13H2,1H3. The third kappa shape index (κ3) is 3.47. The minimum absolute atomic E-state index is 0.0722. The second-order valence-corrected chi connectivity index (χ2v) is 8.09. The zero-order valence-corrected chi connectivity index (χ0v) is 14.6. The van der Waals surface area contributed by atoms with Gasteiger partial charge in [0, 0.05) is 31.7 Å². The van der Waals surface area contributed by atoms with Gasteiger partial charge in [-0.15, -0.1) is 0 Å². The highest BCUT2D eigenvalue weighted by Gasteiger charge is 2.30. The summed E-state index contributed by atoms with van der Waals surface area (Å²) in [6, 6.07) is 7.60. The van der Waals surface area contributed by atoms with Crippen LogP contribution in [-0.2, 0) is 14.8 Å². The van der Waals surface area contributed by atoms with Gasteiger partial charge in [-0.2, -0.15) is 4.31 Å². The number of piperazine rings is 1. The van der Waals surface area contributed by atoms with Crippen LogP contribution in [0.5, 0.6) is 5.75 Å². The van der Waals surface area contributed by atoms with Crippen molar-refractivity contribution in [2.24, 2.45) is 0 Å². The lowest BCUT2D eigenvalue weighted by Crippen LogP contribution is -2.51. The molecule has 0 aliphatic carbocycles. The number of nitrogens with zero attached hydrogens (tertiary/aromatic N) is 2. The summed E-state index contributed by atoms with van der Waals surface area (Å²) in [5.74, 6) is 0.873. The molecule has 0 atom stereocenters. The summed E-state index contributed by atoms with van der Waals surface area (Å²) in [5.41, 5.74) is 1.51. The van der Waals surface area contributed by atoms with E-state index in [2.05, 4.69) is 0 Å². The molecule has 1 fully saturated rings. The van der Waals surface area contributed by atoms with Crippen LogP contribution in [0.2, 0.25) is 0 Å². The molecular weight excluding hydrogens is 328 g/mol. The van der Waals surface area contributed by atoms with Crippen LogP contribution < -0.4 is 4.74 Å². The molecule has 2 aliphatic heterocycles. The van der Waals surface area contributed by atoms with Gasteiger partial charge < -0.3 is 9.64 Å². The van der Waals surface area contributed by atoms with Gasteiger partial charge in [-0.1, -0.05) is 25.1 Å². The van der Waals surface area contributed by atoms with Gasteiger partial charge >= 0.3 is 0 Å².